The van der Waals surface area contributed by atoms with E-state index in [1.807, 2.05) is 41.3 Å². The molecule has 10 heteroatoms. The van der Waals surface area contributed by atoms with Crippen molar-refractivity contribution in [2.75, 3.05) is 24.5 Å². The molecule has 2 aliphatic heterocycles. The zero-order valence-electron chi connectivity index (χ0n) is 28.1. The van der Waals surface area contributed by atoms with Crippen molar-refractivity contribution in [1.29, 1.82) is 0 Å². The van der Waals surface area contributed by atoms with Crippen LogP contribution in [-0.2, 0) is 4.74 Å². The maximum atomic E-state index is 16.3. The van der Waals surface area contributed by atoms with Gasteiger partial charge in [-0.25, -0.2) is 9.18 Å². The first-order chi connectivity index (χ1) is 22.1. The van der Waals surface area contributed by atoms with E-state index >= 15 is 4.39 Å². The molecule has 1 atom stereocenters. The Bertz CT molecular complexity index is 1960. The lowest BCUT2D eigenvalue weighted by molar-refractivity contribution is 0.0508. The minimum absolute atomic E-state index is 0.0526. The van der Waals surface area contributed by atoms with Gasteiger partial charge in [0.05, 0.1) is 17.1 Å². The van der Waals surface area contributed by atoms with Crippen LogP contribution in [0.15, 0.2) is 53.5 Å². The molecule has 2 amide bonds. The molecule has 3 heterocycles. The quantitative estimate of drug-likeness (QED) is 0.193. The summed E-state index contributed by atoms with van der Waals surface area (Å²) in [4.78, 5) is 41.8. The van der Waals surface area contributed by atoms with E-state index < -0.39 is 28.8 Å². The minimum atomic E-state index is -0.647. The molecule has 2 N–H and O–H groups in total. The monoisotopic (exact) mass is 642 g/mol. The Hall–Kier alpha value is -4.60. The Morgan fingerprint density at radius 1 is 1.09 bits per heavy atom. The minimum Gasteiger partial charge on any atom is -0.451 e. The van der Waals surface area contributed by atoms with E-state index in [4.69, 9.17) is 9.47 Å². The smallest absolute Gasteiger partial charge is 0.407 e. The van der Waals surface area contributed by atoms with Crippen LogP contribution in [0.1, 0.15) is 71.7 Å². The molecule has 0 radical (unpaired) electrons. The van der Waals surface area contributed by atoms with Crippen molar-refractivity contribution in [3.63, 3.8) is 0 Å². The number of hydrogen-bond donors (Lipinski definition) is 2. The number of carbonyl (C=O) groups is 2. The van der Waals surface area contributed by atoms with Gasteiger partial charge in [0.15, 0.2) is 17.3 Å². The molecule has 1 aromatic heterocycles. The molecule has 4 aromatic rings. The van der Waals surface area contributed by atoms with E-state index in [9.17, 15) is 14.4 Å². The number of carbonyl (C=O) groups excluding carboxylic acids is 2. The number of fused-ring (bicyclic) bond motifs is 3. The van der Waals surface area contributed by atoms with Gasteiger partial charge in [-0.2, -0.15) is 0 Å². The largest absolute Gasteiger partial charge is 0.451 e. The molecule has 0 bridgehead atoms. The zero-order chi connectivity index (χ0) is 33.8. The van der Waals surface area contributed by atoms with Gasteiger partial charge in [0.2, 0.25) is 5.43 Å². The molecule has 1 fully saturated rings. The molecule has 0 spiro atoms. The Morgan fingerprint density at radius 2 is 1.79 bits per heavy atom. The van der Waals surface area contributed by atoms with Crippen molar-refractivity contribution in [2.24, 2.45) is 11.3 Å². The summed E-state index contributed by atoms with van der Waals surface area (Å²) >= 11 is 0. The van der Waals surface area contributed by atoms with Crippen molar-refractivity contribution in [3.05, 3.63) is 70.3 Å². The number of aromatic nitrogens is 1. The van der Waals surface area contributed by atoms with Crippen LogP contribution in [0, 0.1) is 17.2 Å². The van der Waals surface area contributed by atoms with Gasteiger partial charge >= 0.3 is 6.09 Å². The van der Waals surface area contributed by atoms with Crippen LogP contribution in [0.2, 0.25) is 0 Å². The first-order valence-electron chi connectivity index (χ1n) is 16.3. The van der Waals surface area contributed by atoms with Gasteiger partial charge in [0.1, 0.15) is 22.4 Å². The van der Waals surface area contributed by atoms with Crippen LogP contribution in [0.5, 0.6) is 11.5 Å². The van der Waals surface area contributed by atoms with Crippen molar-refractivity contribution in [1.82, 2.24) is 15.2 Å². The first kappa shape index (κ1) is 32.3. The van der Waals surface area contributed by atoms with Gasteiger partial charge < -0.3 is 29.6 Å². The van der Waals surface area contributed by atoms with Crippen LogP contribution >= 0.6 is 0 Å². The Morgan fingerprint density at radius 3 is 2.47 bits per heavy atom. The van der Waals surface area contributed by atoms with Crippen LogP contribution in [-0.4, -0.2) is 47.8 Å². The summed E-state index contributed by atoms with van der Waals surface area (Å²) in [6.45, 7) is 15.0. The third-order valence-corrected chi connectivity index (χ3v) is 8.63. The average molecular weight is 643 g/mol. The lowest BCUT2D eigenvalue weighted by atomic mass is 9.84. The summed E-state index contributed by atoms with van der Waals surface area (Å²) in [5, 5.41) is 7.78. The number of nitrogens with zero attached hydrogens (tertiary/aromatic N) is 2. The van der Waals surface area contributed by atoms with Gasteiger partial charge in [-0.3, -0.25) is 9.59 Å². The number of ether oxygens (including phenoxy) is 2. The van der Waals surface area contributed by atoms with Crippen molar-refractivity contribution in [3.8, 4) is 17.2 Å². The summed E-state index contributed by atoms with van der Waals surface area (Å²) < 4.78 is 30.0. The second kappa shape index (κ2) is 11.9. The molecule has 9 nitrogen and oxygen atoms in total. The molecule has 248 valence electrons. The SMILES string of the molecule is CC(C)CC(C)(C)CNC(=O)c1cn2c3c(c(N4CCC(NC(=O)OC(C)(C)C)C4)c(F)cc3c1=O)Oc1cc3ccccc3cc1-2. The van der Waals surface area contributed by atoms with Gasteiger partial charge in [-0.15, -0.1) is 0 Å². The number of benzene rings is 3. The molecule has 2 aliphatic rings. The number of hydrogen-bond acceptors (Lipinski definition) is 6. The third-order valence-electron chi connectivity index (χ3n) is 8.63. The van der Waals surface area contributed by atoms with E-state index in [0.717, 1.165) is 17.2 Å². The Balaban J connectivity index is 1.45. The maximum absolute atomic E-state index is 16.3. The number of anilines is 1. The fourth-order valence-electron chi connectivity index (χ4n) is 6.89. The van der Waals surface area contributed by atoms with Crippen molar-refractivity contribution in [2.45, 2.75) is 73.0 Å². The van der Waals surface area contributed by atoms with Crippen LogP contribution in [0.25, 0.3) is 27.4 Å². The van der Waals surface area contributed by atoms with Gasteiger partial charge in [-0.05, 0) is 73.9 Å². The summed E-state index contributed by atoms with van der Waals surface area (Å²) in [6, 6.07) is 12.6. The number of halogens is 1. The van der Waals surface area contributed by atoms with E-state index in [-0.39, 0.29) is 33.8 Å². The second-order valence-electron chi connectivity index (χ2n) is 15.0. The predicted octanol–water partition coefficient (Wildman–Crippen LogP) is 7.29. The summed E-state index contributed by atoms with van der Waals surface area (Å²) in [6.07, 6.45) is 2.48. The van der Waals surface area contributed by atoms with E-state index in [2.05, 4.69) is 38.3 Å². The highest BCUT2D eigenvalue weighted by Crippen LogP contribution is 2.48. The van der Waals surface area contributed by atoms with E-state index in [1.165, 1.54) is 6.07 Å². The van der Waals surface area contributed by atoms with Gasteiger partial charge in [0.25, 0.3) is 5.91 Å². The normalized spacial score (nSPS) is 15.9. The molecule has 0 aliphatic carbocycles. The second-order valence-corrected chi connectivity index (χ2v) is 15.0. The highest BCUT2D eigenvalue weighted by Gasteiger charge is 2.35. The highest BCUT2D eigenvalue weighted by molar-refractivity contribution is 6.02. The standard InChI is InChI=1S/C37H43FN4O5/c1-21(2)17-37(6,7)20-39-34(44)26-19-42-28-14-22-10-8-9-11-23(22)15-29(28)46-33-30(42)25(32(26)43)16-27(38)31(33)41-13-12-24(18-41)40-35(45)47-36(3,4)5/h8-11,14-16,19,21,24H,12-13,17-18,20H2,1-7H3,(H,39,44)(H,40,45). The summed E-state index contributed by atoms with van der Waals surface area (Å²) in [7, 11) is 0. The van der Waals surface area contributed by atoms with Gasteiger partial charge in [0, 0.05) is 25.8 Å². The molecule has 47 heavy (non-hydrogen) atoms. The molecular weight excluding hydrogens is 599 g/mol. The summed E-state index contributed by atoms with van der Waals surface area (Å²) in [5.74, 6) is -0.0386. The molecule has 3 aromatic carbocycles. The number of rotatable bonds is 7. The topological polar surface area (TPSA) is 102 Å². The highest BCUT2D eigenvalue weighted by atomic mass is 19.1. The Kier molecular flexibility index (Phi) is 8.18. The lowest BCUT2D eigenvalue weighted by Gasteiger charge is -2.30. The third kappa shape index (κ3) is 6.50. The predicted molar refractivity (Wildman–Crippen MR) is 183 cm³/mol. The zero-order valence-corrected chi connectivity index (χ0v) is 28.1. The van der Waals surface area contributed by atoms with Crippen LogP contribution in [0.3, 0.4) is 0 Å². The number of amides is 2. The number of nitrogens with one attached hydrogen (secondary N) is 2. The molecular formula is C37H43FN4O5. The molecule has 1 saturated heterocycles. The Labute approximate surface area is 274 Å². The average Bonchev–Trinajstić information content (AvgIpc) is 3.42. The molecule has 1 unspecified atom stereocenters. The van der Waals surface area contributed by atoms with E-state index in [1.54, 1.807) is 31.5 Å². The van der Waals surface area contributed by atoms with Crippen molar-refractivity contribution < 1.29 is 23.5 Å². The summed E-state index contributed by atoms with van der Waals surface area (Å²) in [5.41, 5.74) is -0.240. The van der Waals surface area contributed by atoms with Gasteiger partial charge in [-0.1, -0.05) is 52.0 Å². The van der Waals surface area contributed by atoms with Crippen LogP contribution in [0.4, 0.5) is 14.9 Å². The first-order valence-corrected chi connectivity index (χ1v) is 16.3. The maximum Gasteiger partial charge on any atom is 0.407 e. The fraction of sp³-hybridized carbons (Fsp3) is 0.432. The lowest BCUT2D eigenvalue weighted by Crippen LogP contribution is -2.40. The van der Waals surface area contributed by atoms with Crippen molar-refractivity contribution >= 4 is 39.4 Å². The number of pyridine rings is 1. The number of alkyl carbamates (subject to hydrolysis) is 1. The molecule has 0 saturated carbocycles. The fourth-order valence-corrected chi connectivity index (χ4v) is 6.89. The van der Waals surface area contributed by atoms with E-state index in [0.29, 0.717) is 48.9 Å². The molecule has 6 rings (SSSR count). The van der Waals surface area contributed by atoms with Crippen LogP contribution < -0.4 is 25.7 Å².